The topological polar surface area (TPSA) is 73.3 Å². The summed E-state index contributed by atoms with van der Waals surface area (Å²) in [7, 11) is 0. The minimum absolute atomic E-state index is 0.0290. The van der Waals surface area contributed by atoms with E-state index in [0.29, 0.717) is 11.5 Å². The van der Waals surface area contributed by atoms with Gasteiger partial charge in [-0.1, -0.05) is 0 Å². The number of nitro groups is 1. The fourth-order valence-electron chi connectivity index (χ4n) is 1.90. The maximum absolute atomic E-state index is 11.0. The summed E-state index contributed by atoms with van der Waals surface area (Å²) in [5.74, 6) is 1.24. The number of hydrogen-bond donors (Lipinski definition) is 0. The van der Waals surface area contributed by atoms with E-state index in [1.165, 1.54) is 19.1 Å². The number of nitrogens with zero attached hydrogens (tertiary/aromatic N) is 1. The van der Waals surface area contributed by atoms with Crippen LogP contribution in [0.15, 0.2) is 34.7 Å². The molecule has 5 nitrogen and oxygen atoms in total. The van der Waals surface area contributed by atoms with Crippen molar-refractivity contribution in [3.8, 4) is 11.3 Å². The van der Waals surface area contributed by atoms with E-state index >= 15 is 0 Å². The van der Waals surface area contributed by atoms with Crippen LogP contribution >= 0.6 is 0 Å². The molecule has 0 saturated carbocycles. The Hall–Kier alpha value is -2.43. The van der Waals surface area contributed by atoms with Crippen LogP contribution < -0.4 is 0 Å². The predicted octanol–water partition coefficient (Wildman–Crippen LogP) is 3.29. The molecule has 19 heavy (non-hydrogen) atoms. The standard InChI is InChI=1S/C14H13NO4/c1-9-7-11(15(17)18)3-5-13(9)14-6-4-12(19-14)8-10(2)16/h3-7H,8H2,1-2H3. The van der Waals surface area contributed by atoms with Gasteiger partial charge >= 0.3 is 0 Å². The Morgan fingerprint density at radius 2 is 2.05 bits per heavy atom. The van der Waals surface area contributed by atoms with Crippen LogP contribution in [-0.2, 0) is 11.2 Å². The van der Waals surface area contributed by atoms with Gasteiger partial charge < -0.3 is 4.42 Å². The van der Waals surface area contributed by atoms with Gasteiger partial charge in [0.1, 0.15) is 17.3 Å². The lowest BCUT2D eigenvalue weighted by atomic mass is 10.1. The van der Waals surface area contributed by atoms with Crippen LogP contribution in [0.5, 0.6) is 0 Å². The maximum Gasteiger partial charge on any atom is 0.269 e. The highest BCUT2D eigenvalue weighted by Crippen LogP contribution is 2.28. The number of carbonyl (C=O) groups excluding carboxylic acids is 1. The second-order valence-corrected chi connectivity index (χ2v) is 4.40. The van der Waals surface area contributed by atoms with E-state index in [2.05, 4.69) is 0 Å². The van der Waals surface area contributed by atoms with Crippen molar-refractivity contribution in [1.82, 2.24) is 0 Å². The van der Waals surface area contributed by atoms with Crippen molar-refractivity contribution in [3.05, 3.63) is 51.8 Å². The summed E-state index contributed by atoms with van der Waals surface area (Å²) in [5.41, 5.74) is 1.61. The first-order chi connectivity index (χ1) is 8.97. The number of Topliss-reactive ketones (excluding diaryl/α,β-unsaturated/α-hetero) is 1. The molecule has 0 radical (unpaired) electrons. The van der Waals surface area contributed by atoms with Crippen LogP contribution in [0.1, 0.15) is 18.2 Å². The molecule has 0 spiro atoms. The van der Waals surface area contributed by atoms with Crippen LogP contribution in [0.25, 0.3) is 11.3 Å². The molecule has 98 valence electrons. The number of rotatable bonds is 4. The maximum atomic E-state index is 11.0. The van der Waals surface area contributed by atoms with Gasteiger partial charge in [-0.05, 0) is 37.6 Å². The number of nitro benzene ring substituents is 1. The molecule has 0 aliphatic heterocycles. The molecule has 2 aromatic rings. The van der Waals surface area contributed by atoms with Crippen LogP contribution in [0.3, 0.4) is 0 Å². The van der Waals surface area contributed by atoms with E-state index in [1.54, 1.807) is 25.1 Å². The average Bonchev–Trinajstić information content (AvgIpc) is 2.76. The molecule has 0 unspecified atom stereocenters. The van der Waals surface area contributed by atoms with E-state index in [1.807, 2.05) is 0 Å². The number of hydrogen-bond acceptors (Lipinski definition) is 4. The highest BCUT2D eigenvalue weighted by Gasteiger charge is 2.12. The zero-order chi connectivity index (χ0) is 14.0. The third-order valence-electron chi connectivity index (χ3n) is 2.77. The van der Waals surface area contributed by atoms with Crippen molar-refractivity contribution in [2.24, 2.45) is 0 Å². The van der Waals surface area contributed by atoms with E-state index < -0.39 is 4.92 Å². The zero-order valence-corrected chi connectivity index (χ0v) is 10.7. The Labute approximate surface area is 110 Å². The Balaban J connectivity index is 2.34. The molecule has 0 aliphatic rings. The van der Waals surface area contributed by atoms with Crippen molar-refractivity contribution in [3.63, 3.8) is 0 Å². The van der Waals surface area contributed by atoms with Crippen LogP contribution in [-0.4, -0.2) is 10.7 Å². The number of ketones is 1. The van der Waals surface area contributed by atoms with Crippen LogP contribution in [0.2, 0.25) is 0 Å². The van der Waals surface area contributed by atoms with Crippen LogP contribution in [0.4, 0.5) is 5.69 Å². The second-order valence-electron chi connectivity index (χ2n) is 4.40. The lowest BCUT2D eigenvalue weighted by Gasteiger charge is -2.02. The summed E-state index contributed by atoms with van der Waals surface area (Å²) < 4.78 is 5.57. The van der Waals surface area contributed by atoms with E-state index in [0.717, 1.165) is 11.1 Å². The second kappa shape index (κ2) is 5.06. The van der Waals surface area contributed by atoms with Gasteiger partial charge in [0.15, 0.2) is 0 Å². The predicted molar refractivity (Wildman–Crippen MR) is 69.9 cm³/mol. The fourth-order valence-corrected chi connectivity index (χ4v) is 1.90. The summed E-state index contributed by atoms with van der Waals surface area (Å²) in [6.45, 7) is 3.29. The van der Waals surface area contributed by atoms with Gasteiger partial charge in [-0.3, -0.25) is 14.9 Å². The average molecular weight is 259 g/mol. The number of non-ortho nitro benzene ring substituents is 1. The molecule has 0 aliphatic carbocycles. The molecule has 0 amide bonds. The largest absolute Gasteiger partial charge is 0.461 e. The summed E-state index contributed by atoms with van der Waals surface area (Å²) in [6, 6.07) is 8.12. The smallest absolute Gasteiger partial charge is 0.269 e. The highest BCUT2D eigenvalue weighted by atomic mass is 16.6. The first-order valence-electron chi connectivity index (χ1n) is 5.81. The molecule has 1 heterocycles. The Kier molecular flexibility index (Phi) is 3.46. The van der Waals surface area contributed by atoms with Gasteiger partial charge in [0.05, 0.1) is 11.3 Å². The molecule has 1 aromatic heterocycles. The van der Waals surface area contributed by atoms with E-state index in [-0.39, 0.29) is 17.9 Å². The van der Waals surface area contributed by atoms with Gasteiger partial charge in [0.25, 0.3) is 5.69 Å². The molecule has 0 fully saturated rings. The van der Waals surface area contributed by atoms with E-state index in [9.17, 15) is 14.9 Å². The van der Waals surface area contributed by atoms with Gasteiger partial charge in [-0.2, -0.15) is 0 Å². The van der Waals surface area contributed by atoms with Gasteiger partial charge in [0.2, 0.25) is 0 Å². The quantitative estimate of drug-likeness (QED) is 0.623. The normalized spacial score (nSPS) is 10.4. The molecule has 5 heteroatoms. The Morgan fingerprint density at radius 3 is 2.63 bits per heavy atom. The first-order valence-corrected chi connectivity index (χ1v) is 5.81. The highest BCUT2D eigenvalue weighted by molar-refractivity contribution is 5.77. The molecule has 1 aromatic carbocycles. The summed E-state index contributed by atoms with van der Waals surface area (Å²) in [4.78, 5) is 21.3. The first kappa shape index (κ1) is 13.0. The molecule has 2 rings (SSSR count). The Bertz CT molecular complexity index is 643. The number of furan rings is 1. The lowest BCUT2D eigenvalue weighted by molar-refractivity contribution is -0.384. The fraction of sp³-hybridized carbons (Fsp3) is 0.214. The number of aryl methyl sites for hydroxylation is 1. The third-order valence-corrected chi connectivity index (χ3v) is 2.77. The van der Waals surface area contributed by atoms with E-state index in [4.69, 9.17) is 4.42 Å². The monoisotopic (exact) mass is 259 g/mol. The minimum atomic E-state index is -0.430. The van der Waals surface area contributed by atoms with Gasteiger partial charge in [-0.15, -0.1) is 0 Å². The molecular formula is C14H13NO4. The van der Waals surface area contributed by atoms with Crippen molar-refractivity contribution in [1.29, 1.82) is 0 Å². The minimum Gasteiger partial charge on any atom is -0.461 e. The molecule has 0 saturated heterocycles. The number of carbonyl (C=O) groups is 1. The van der Waals surface area contributed by atoms with Crippen LogP contribution in [0, 0.1) is 17.0 Å². The van der Waals surface area contributed by atoms with Gasteiger partial charge in [0, 0.05) is 17.7 Å². The number of benzene rings is 1. The summed E-state index contributed by atoms with van der Waals surface area (Å²) in [5, 5.41) is 10.7. The zero-order valence-electron chi connectivity index (χ0n) is 10.7. The summed E-state index contributed by atoms with van der Waals surface area (Å²) >= 11 is 0. The molecule has 0 N–H and O–H groups in total. The molecule has 0 bridgehead atoms. The summed E-state index contributed by atoms with van der Waals surface area (Å²) in [6.07, 6.45) is 0.256. The van der Waals surface area contributed by atoms with Gasteiger partial charge in [-0.25, -0.2) is 0 Å². The molecule has 0 atom stereocenters. The third kappa shape index (κ3) is 2.88. The lowest BCUT2D eigenvalue weighted by Crippen LogP contribution is -1.93. The van der Waals surface area contributed by atoms with Crippen molar-refractivity contribution >= 4 is 11.5 Å². The van der Waals surface area contributed by atoms with Crippen molar-refractivity contribution < 1.29 is 14.1 Å². The van der Waals surface area contributed by atoms with Crippen molar-refractivity contribution in [2.75, 3.05) is 0 Å². The Morgan fingerprint density at radius 1 is 1.32 bits per heavy atom. The molecular weight excluding hydrogens is 246 g/mol. The SMILES string of the molecule is CC(=O)Cc1ccc(-c2ccc([N+](=O)[O-])cc2C)o1. The van der Waals surface area contributed by atoms with Crippen molar-refractivity contribution in [2.45, 2.75) is 20.3 Å².